The van der Waals surface area contributed by atoms with Gasteiger partial charge in [0.25, 0.3) is 5.97 Å². The molecule has 0 amide bonds. The van der Waals surface area contributed by atoms with Gasteiger partial charge in [-0.25, -0.2) is 0 Å². The summed E-state index contributed by atoms with van der Waals surface area (Å²) in [7, 11) is 5.62. The first kappa shape index (κ1) is 13.5. The maximum atomic E-state index is 11.1. The maximum absolute atomic E-state index is 11.1. The summed E-state index contributed by atoms with van der Waals surface area (Å²) < 4.78 is 10.1. The van der Waals surface area contributed by atoms with E-state index in [4.69, 9.17) is 17.3 Å². The van der Waals surface area contributed by atoms with E-state index in [1.807, 2.05) is 13.8 Å². The Kier molecular flexibility index (Phi) is 7.57. The minimum Gasteiger partial charge on any atom is -0.466 e. The molecule has 0 aliphatic heterocycles. The molecule has 4 heteroatoms. The maximum Gasteiger partial charge on any atom is 0.300 e. The summed E-state index contributed by atoms with van der Waals surface area (Å²) in [6, 6.07) is 0. The summed E-state index contributed by atoms with van der Waals surface area (Å²) in [5.74, 6) is -0.839. The molecule has 0 aliphatic rings. The summed E-state index contributed by atoms with van der Waals surface area (Å²) in [4.78, 5) is 11.1. The Morgan fingerprint density at radius 2 is 1.93 bits per heavy atom. The molecule has 0 aromatic carbocycles. The Hall–Kier alpha value is -0.505. The molecule has 2 radical (unpaired) electrons. The van der Waals surface area contributed by atoms with Crippen LogP contribution in [0, 0.1) is 0 Å². The highest BCUT2D eigenvalue weighted by Crippen LogP contribution is 2.14. The van der Waals surface area contributed by atoms with Gasteiger partial charge in [0.15, 0.2) is 0 Å². The van der Waals surface area contributed by atoms with Crippen LogP contribution in [0.4, 0.5) is 0 Å². The van der Waals surface area contributed by atoms with Gasteiger partial charge in [0, 0.05) is 12.4 Å². The van der Waals surface area contributed by atoms with Crippen molar-refractivity contribution in [2.45, 2.75) is 45.5 Å². The van der Waals surface area contributed by atoms with Crippen molar-refractivity contribution in [1.82, 2.24) is 0 Å². The second-order valence-electron chi connectivity index (χ2n) is 3.20. The molecule has 0 saturated carbocycles. The van der Waals surface area contributed by atoms with E-state index in [1.54, 1.807) is 6.92 Å². The summed E-state index contributed by atoms with van der Waals surface area (Å²) in [5.41, 5.74) is 0. The van der Waals surface area contributed by atoms with E-state index in [2.05, 4.69) is 0 Å². The standard InChI is InChI=1S/C10H19BO3/c1-4-13-8(3)6-7-9(11)10(12)14-5-2/h8-9H,4-7H2,1-3H3. The number of hydrogen-bond donors (Lipinski definition) is 0. The molecular formula is C10H19BO3. The van der Waals surface area contributed by atoms with Crippen LogP contribution in [0.25, 0.3) is 0 Å². The fourth-order valence-corrected chi connectivity index (χ4v) is 1.15. The van der Waals surface area contributed by atoms with E-state index >= 15 is 0 Å². The van der Waals surface area contributed by atoms with Crippen molar-refractivity contribution < 1.29 is 14.3 Å². The normalized spacial score (nSPS) is 14.8. The average molecular weight is 198 g/mol. The van der Waals surface area contributed by atoms with Crippen LogP contribution in [0.5, 0.6) is 0 Å². The molecule has 3 nitrogen and oxygen atoms in total. The van der Waals surface area contributed by atoms with Crippen LogP contribution in [0.3, 0.4) is 0 Å². The predicted molar refractivity (Wildman–Crippen MR) is 56.5 cm³/mol. The lowest BCUT2D eigenvalue weighted by Crippen LogP contribution is -2.15. The van der Waals surface area contributed by atoms with Gasteiger partial charge in [0.05, 0.1) is 20.6 Å². The molecule has 0 aliphatic carbocycles. The fourth-order valence-electron chi connectivity index (χ4n) is 1.15. The van der Waals surface area contributed by atoms with Crippen LogP contribution < -0.4 is 0 Å². The first-order valence-electron chi connectivity index (χ1n) is 5.15. The van der Waals surface area contributed by atoms with E-state index < -0.39 is 5.82 Å². The highest BCUT2D eigenvalue weighted by Gasteiger charge is 2.14. The molecule has 0 heterocycles. The molecule has 0 aromatic heterocycles. The highest BCUT2D eigenvalue weighted by atomic mass is 16.5. The summed E-state index contributed by atoms with van der Waals surface area (Å²) >= 11 is 0. The van der Waals surface area contributed by atoms with E-state index in [-0.39, 0.29) is 12.1 Å². The van der Waals surface area contributed by atoms with Crippen molar-refractivity contribution in [3.63, 3.8) is 0 Å². The van der Waals surface area contributed by atoms with Crippen molar-refractivity contribution in [3.05, 3.63) is 0 Å². The van der Waals surface area contributed by atoms with Crippen LogP contribution in [-0.2, 0) is 14.3 Å². The fraction of sp³-hybridized carbons (Fsp3) is 0.900. The first-order valence-corrected chi connectivity index (χ1v) is 5.15. The van der Waals surface area contributed by atoms with Crippen LogP contribution in [0.2, 0.25) is 5.82 Å². The zero-order valence-corrected chi connectivity index (χ0v) is 9.29. The Morgan fingerprint density at radius 3 is 2.43 bits per heavy atom. The number of esters is 1. The zero-order valence-electron chi connectivity index (χ0n) is 9.29. The second kappa shape index (κ2) is 7.86. The van der Waals surface area contributed by atoms with Gasteiger partial charge >= 0.3 is 0 Å². The highest BCUT2D eigenvalue weighted by molar-refractivity contribution is 6.22. The summed E-state index contributed by atoms with van der Waals surface area (Å²) in [6.45, 7) is 6.76. The van der Waals surface area contributed by atoms with E-state index in [0.29, 0.717) is 19.6 Å². The van der Waals surface area contributed by atoms with Crippen LogP contribution in [0.15, 0.2) is 0 Å². The van der Waals surface area contributed by atoms with Crippen LogP contribution in [0.1, 0.15) is 33.6 Å². The Labute approximate surface area is 87.6 Å². The third-order valence-corrected chi connectivity index (χ3v) is 1.92. The SMILES string of the molecule is [B]C(CCC(C)OCC)C(=O)OCC. The molecule has 0 rings (SSSR count). The summed E-state index contributed by atoms with van der Waals surface area (Å²) in [5, 5.41) is 0. The number of hydrogen-bond acceptors (Lipinski definition) is 3. The molecule has 0 bridgehead atoms. The number of carbonyl (C=O) groups is 1. The van der Waals surface area contributed by atoms with Gasteiger partial charge < -0.3 is 9.47 Å². The lowest BCUT2D eigenvalue weighted by atomic mass is 9.83. The first-order chi connectivity index (χ1) is 6.61. The average Bonchev–Trinajstić information content (AvgIpc) is 2.15. The smallest absolute Gasteiger partial charge is 0.300 e. The molecule has 2 atom stereocenters. The van der Waals surface area contributed by atoms with Gasteiger partial charge in [-0.15, -0.1) is 0 Å². The van der Waals surface area contributed by atoms with Gasteiger partial charge in [-0.3, -0.25) is 4.79 Å². The molecule has 0 saturated heterocycles. The second-order valence-corrected chi connectivity index (χ2v) is 3.20. The van der Waals surface area contributed by atoms with Crippen molar-refractivity contribution >= 4 is 13.8 Å². The number of carbonyl (C=O) groups excluding carboxylic acids is 1. The molecule has 0 spiro atoms. The van der Waals surface area contributed by atoms with Crippen molar-refractivity contribution in [2.75, 3.05) is 13.2 Å². The van der Waals surface area contributed by atoms with Gasteiger partial charge in [-0.05, 0) is 33.6 Å². The molecule has 14 heavy (non-hydrogen) atoms. The minimum atomic E-state index is -0.516. The number of ether oxygens (including phenoxy) is 2. The largest absolute Gasteiger partial charge is 0.466 e. The molecular weight excluding hydrogens is 179 g/mol. The van der Waals surface area contributed by atoms with Crippen molar-refractivity contribution in [1.29, 1.82) is 0 Å². The minimum absolute atomic E-state index is 0.153. The molecule has 0 fully saturated rings. The molecule has 0 N–H and O–H groups in total. The van der Waals surface area contributed by atoms with Gasteiger partial charge in [0.2, 0.25) is 0 Å². The molecule has 80 valence electrons. The Morgan fingerprint density at radius 1 is 1.29 bits per heavy atom. The predicted octanol–water partition coefficient (Wildman–Crippen LogP) is 1.71. The van der Waals surface area contributed by atoms with Gasteiger partial charge in [0.1, 0.15) is 0 Å². The molecule has 0 aromatic rings. The lowest BCUT2D eigenvalue weighted by molar-refractivity contribution is -0.143. The van der Waals surface area contributed by atoms with Crippen molar-refractivity contribution in [3.8, 4) is 0 Å². The monoisotopic (exact) mass is 198 g/mol. The van der Waals surface area contributed by atoms with Gasteiger partial charge in [-0.1, -0.05) is 0 Å². The Bertz CT molecular complexity index is 161. The van der Waals surface area contributed by atoms with E-state index in [9.17, 15) is 4.79 Å². The van der Waals surface area contributed by atoms with Crippen LogP contribution >= 0.6 is 0 Å². The lowest BCUT2D eigenvalue weighted by Gasteiger charge is -2.14. The summed E-state index contributed by atoms with van der Waals surface area (Å²) in [6.07, 6.45) is 1.55. The quantitative estimate of drug-likeness (QED) is 0.461. The third kappa shape index (κ3) is 6.03. The van der Waals surface area contributed by atoms with Crippen LogP contribution in [-0.4, -0.2) is 33.1 Å². The van der Waals surface area contributed by atoms with E-state index in [1.165, 1.54) is 0 Å². The zero-order chi connectivity index (χ0) is 11.0. The van der Waals surface area contributed by atoms with Gasteiger partial charge in [-0.2, -0.15) is 0 Å². The Balaban J connectivity index is 3.61. The molecule has 2 unspecified atom stereocenters. The topological polar surface area (TPSA) is 35.5 Å². The van der Waals surface area contributed by atoms with Crippen molar-refractivity contribution in [2.24, 2.45) is 0 Å². The third-order valence-electron chi connectivity index (χ3n) is 1.92. The number of rotatable bonds is 7. The van der Waals surface area contributed by atoms with E-state index in [0.717, 1.165) is 6.42 Å².